The SMILES string of the molecule is COc1ccc(Oc2cc3c(cc2Cl)C[C@@H](C(=O)O)[C@@H](C(F)(F)F)O3)cc1. The summed E-state index contributed by atoms with van der Waals surface area (Å²) in [5.74, 6) is -2.35. The van der Waals surface area contributed by atoms with E-state index in [4.69, 9.17) is 30.9 Å². The smallest absolute Gasteiger partial charge is 0.426 e. The molecule has 0 saturated heterocycles. The molecule has 2 atom stereocenters. The molecule has 27 heavy (non-hydrogen) atoms. The van der Waals surface area contributed by atoms with Crippen molar-refractivity contribution >= 4 is 17.6 Å². The number of alkyl halides is 3. The van der Waals surface area contributed by atoms with Crippen molar-refractivity contribution in [3.8, 4) is 23.0 Å². The lowest BCUT2D eigenvalue weighted by molar-refractivity contribution is -0.217. The first-order valence-corrected chi connectivity index (χ1v) is 8.17. The first kappa shape index (κ1) is 19.2. The molecule has 1 aliphatic rings. The summed E-state index contributed by atoms with van der Waals surface area (Å²) < 4.78 is 55.2. The Morgan fingerprint density at radius 3 is 2.41 bits per heavy atom. The van der Waals surface area contributed by atoms with E-state index in [2.05, 4.69) is 0 Å². The highest BCUT2D eigenvalue weighted by Gasteiger charge is 2.52. The number of carboxylic acid groups (broad SMARTS) is 1. The summed E-state index contributed by atoms with van der Waals surface area (Å²) >= 11 is 6.15. The normalized spacial score (nSPS) is 19.0. The van der Waals surface area contributed by atoms with Crippen LogP contribution in [0, 0.1) is 5.92 Å². The van der Waals surface area contributed by atoms with Crippen molar-refractivity contribution in [2.45, 2.75) is 18.7 Å². The third kappa shape index (κ3) is 4.05. The predicted octanol–water partition coefficient (Wildman–Crippen LogP) is 4.71. The number of carboxylic acids is 1. The van der Waals surface area contributed by atoms with Crippen molar-refractivity contribution < 1.29 is 37.3 Å². The number of carbonyl (C=O) groups is 1. The minimum Gasteiger partial charge on any atom is -0.497 e. The highest BCUT2D eigenvalue weighted by Crippen LogP contribution is 2.43. The maximum absolute atomic E-state index is 13.2. The zero-order chi connectivity index (χ0) is 19.8. The third-order valence-corrected chi connectivity index (χ3v) is 4.40. The molecule has 0 radical (unpaired) electrons. The van der Waals surface area contributed by atoms with E-state index in [0.717, 1.165) is 0 Å². The predicted molar refractivity (Wildman–Crippen MR) is 89.8 cm³/mol. The first-order chi connectivity index (χ1) is 12.7. The van der Waals surface area contributed by atoms with E-state index in [-0.39, 0.29) is 28.5 Å². The number of ether oxygens (including phenoxy) is 3. The molecule has 0 spiro atoms. The molecule has 2 aromatic carbocycles. The van der Waals surface area contributed by atoms with E-state index in [1.54, 1.807) is 24.3 Å². The Balaban J connectivity index is 1.91. The van der Waals surface area contributed by atoms with Crippen LogP contribution in [0.2, 0.25) is 5.02 Å². The summed E-state index contributed by atoms with van der Waals surface area (Å²) in [5.41, 5.74) is 0.273. The summed E-state index contributed by atoms with van der Waals surface area (Å²) in [4.78, 5) is 11.2. The number of benzene rings is 2. The van der Waals surface area contributed by atoms with Crippen LogP contribution in [0.25, 0.3) is 0 Å². The van der Waals surface area contributed by atoms with Crippen molar-refractivity contribution in [1.29, 1.82) is 0 Å². The maximum Gasteiger partial charge on any atom is 0.426 e. The van der Waals surface area contributed by atoms with Gasteiger partial charge in [-0.2, -0.15) is 13.2 Å². The van der Waals surface area contributed by atoms with Gasteiger partial charge in [-0.05, 0) is 42.3 Å². The lowest BCUT2D eigenvalue weighted by atomic mass is 9.90. The van der Waals surface area contributed by atoms with Crippen LogP contribution in [0.3, 0.4) is 0 Å². The molecule has 5 nitrogen and oxygen atoms in total. The van der Waals surface area contributed by atoms with Gasteiger partial charge in [0.2, 0.25) is 6.10 Å². The van der Waals surface area contributed by atoms with E-state index in [0.29, 0.717) is 11.5 Å². The van der Waals surface area contributed by atoms with E-state index < -0.39 is 24.2 Å². The van der Waals surface area contributed by atoms with Gasteiger partial charge in [0.15, 0.2) is 0 Å². The molecule has 1 heterocycles. The van der Waals surface area contributed by atoms with Crippen LogP contribution in [-0.4, -0.2) is 30.5 Å². The summed E-state index contributed by atoms with van der Waals surface area (Å²) in [6.07, 6.45) is -7.62. The van der Waals surface area contributed by atoms with E-state index >= 15 is 0 Å². The lowest BCUT2D eigenvalue weighted by Gasteiger charge is -2.32. The number of aliphatic carboxylic acids is 1. The fraction of sp³-hybridized carbons (Fsp3) is 0.278. The van der Waals surface area contributed by atoms with Crippen molar-refractivity contribution in [2.24, 2.45) is 5.92 Å². The van der Waals surface area contributed by atoms with Crippen LogP contribution < -0.4 is 14.2 Å². The molecule has 1 N–H and O–H groups in total. The average Bonchev–Trinajstić information content (AvgIpc) is 2.61. The number of hydrogen-bond acceptors (Lipinski definition) is 4. The van der Waals surface area contributed by atoms with Gasteiger partial charge >= 0.3 is 12.1 Å². The van der Waals surface area contributed by atoms with Crippen LogP contribution in [0.5, 0.6) is 23.0 Å². The van der Waals surface area contributed by atoms with Crippen molar-refractivity contribution in [3.05, 3.63) is 47.0 Å². The quantitative estimate of drug-likeness (QED) is 0.802. The maximum atomic E-state index is 13.2. The molecule has 0 amide bonds. The molecule has 0 fully saturated rings. The molecule has 9 heteroatoms. The largest absolute Gasteiger partial charge is 0.497 e. The van der Waals surface area contributed by atoms with Crippen LogP contribution in [0.4, 0.5) is 13.2 Å². The Hall–Kier alpha value is -2.61. The van der Waals surface area contributed by atoms with Gasteiger partial charge in [0.25, 0.3) is 0 Å². The molecule has 1 aliphatic heterocycles. The zero-order valence-electron chi connectivity index (χ0n) is 13.9. The van der Waals surface area contributed by atoms with E-state index in [9.17, 15) is 18.0 Å². The van der Waals surface area contributed by atoms with Gasteiger partial charge in [0, 0.05) is 6.07 Å². The van der Waals surface area contributed by atoms with Gasteiger partial charge in [-0.15, -0.1) is 0 Å². The third-order valence-electron chi connectivity index (χ3n) is 4.10. The number of halogens is 4. The Morgan fingerprint density at radius 2 is 1.85 bits per heavy atom. The highest BCUT2D eigenvalue weighted by atomic mass is 35.5. The summed E-state index contributed by atoms with van der Waals surface area (Å²) in [6.45, 7) is 0. The van der Waals surface area contributed by atoms with E-state index in [1.165, 1.54) is 19.2 Å². The molecule has 0 saturated carbocycles. The van der Waals surface area contributed by atoms with Crippen LogP contribution in [0.15, 0.2) is 36.4 Å². The Bertz CT molecular complexity index is 851. The first-order valence-electron chi connectivity index (χ1n) is 7.79. The standard InChI is InChI=1S/C18H14ClF3O5/c1-25-10-2-4-11(5-3-10)26-15-8-14-9(7-13(15)19)6-12(17(23)24)16(27-14)18(20,21)22/h2-5,7-8,12,16H,6H2,1H3,(H,23,24)/t12-,16+/m1/s1. The van der Waals surface area contributed by atoms with Crippen molar-refractivity contribution in [2.75, 3.05) is 7.11 Å². The van der Waals surface area contributed by atoms with Crippen LogP contribution in [-0.2, 0) is 11.2 Å². The minimum absolute atomic E-state index is 0.0929. The summed E-state index contributed by atoms with van der Waals surface area (Å²) in [6, 6.07) is 9.10. The molecule has 3 rings (SSSR count). The van der Waals surface area contributed by atoms with E-state index in [1.807, 2.05) is 0 Å². The van der Waals surface area contributed by atoms with Gasteiger partial charge < -0.3 is 19.3 Å². The average molecular weight is 403 g/mol. The second kappa shape index (κ2) is 7.19. The van der Waals surface area contributed by atoms with Crippen molar-refractivity contribution in [1.82, 2.24) is 0 Å². The van der Waals surface area contributed by atoms with Crippen LogP contribution >= 0.6 is 11.6 Å². The van der Waals surface area contributed by atoms with Gasteiger partial charge in [0.05, 0.1) is 12.1 Å². The highest BCUT2D eigenvalue weighted by molar-refractivity contribution is 6.32. The Labute approximate surface area is 157 Å². The Morgan fingerprint density at radius 1 is 1.22 bits per heavy atom. The van der Waals surface area contributed by atoms with Gasteiger partial charge in [-0.1, -0.05) is 11.6 Å². The Kier molecular flexibility index (Phi) is 5.10. The summed E-state index contributed by atoms with van der Waals surface area (Å²) in [5, 5.41) is 9.24. The molecule has 0 bridgehead atoms. The van der Waals surface area contributed by atoms with Crippen molar-refractivity contribution in [3.63, 3.8) is 0 Å². The lowest BCUT2D eigenvalue weighted by Crippen LogP contribution is -2.47. The molecular formula is C18H14ClF3O5. The molecule has 2 aromatic rings. The number of hydrogen-bond donors (Lipinski definition) is 1. The van der Waals surface area contributed by atoms with Gasteiger partial charge in [0.1, 0.15) is 28.9 Å². The number of methoxy groups -OCH3 is 1. The summed E-state index contributed by atoms with van der Waals surface area (Å²) in [7, 11) is 1.51. The van der Waals surface area contributed by atoms with Gasteiger partial charge in [-0.25, -0.2) is 0 Å². The second-order valence-corrected chi connectivity index (χ2v) is 6.30. The molecule has 0 aromatic heterocycles. The molecule has 0 aliphatic carbocycles. The molecular weight excluding hydrogens is 389 g/mol. The fourth-order valence-electron chi connectivity index (χ4n) is 2.77. The number of rotatable bonds is 4. The topological polar surface area (TPSA) is 65.0 Å². The number of fused-ring (bicyclic) bond motifs is 1. The van der Waals surface area contributed by atoms with Crippen LogP contribution in [0.1, 0.15) is 5.56 Å². The fourth-order valence-corrected chi connectivity index (χ4v) is 2.99. The minimum atomic E-state index is -4.82. The monoisotopic (exact) mass is 402 g/mol. The van der Waals surface area contributed by atoms with Gasteiger partial charge in [-0.3, -0.25) is 4.79 Å². The zero-order valence-corrected chi connectivity index (χ0v) is 14.7. The molecule has 0 unspecified atom stereocenters. The second-order valence-electron chi connectivity index (χ2n) is 5.90. The molecule has 144 valence electrons.